The average molecular weight is 320 g/mol. The second-order valence-electron chi connectivity index (χ2n) is 6.53. The van der Waals surface area contributed by atoms with Crippen LogP contribution in [0.1, 0.15) is 12.0 Å². The molecule has 1 aliphatic carbocycles. The minimum atomic E-state index is 0.0932. The molecule has 0 unspecified atom stereocenters. The van der Waals surface area contributed by atoms with E-state index in [2.05, 4.69) is 54.6 Å². The molecule has 0 saturated carbocycles. The van der Waals surface area contributed by atoms with Crippen LogP contribution in [0.25, 0.3) is 38.4 Å². The van der Waals surface area contributed by atoms with Crippen molar-refractivity contribution < 1.29 is 4.79 Å². The second kappa shape index (κ2) is 5.42. The van der Waals surface area contributed by atoms with Gasteiger partial charge in [0.25, 0.3) is 0 Å². The highest BCUT2D eigenvalue weighted by molar-refractivity contribution is 6.24. The van der Waals surface area contributed by atoms with Crippen molar-refractivity contribution in [1.82, 2.24) is 0 Å². The molecule has 0 amide bonds. The molecule has 25 heavy (non-hydrogen) atoms. The third-order valence-electron chi connectivity index (χ3n) is 5.06. The summed E-state index contributed by atoms with van der Waals surface area (Å²) >= 11 is 0. The highest BCUT2D eigenvalue weighted by Crippen LogP contribution is 2.36. The van der Waals surface area contributed by atoms with Crippen LogP contribution in [0.4, 0.5) is 0 Å². The number of ketones is 1. The molecule has 0 fully saturated rings. The van der Waals surface area contributed by atoms with Gasteiger partial charge in [-0.25, -0.2) is 0 Å². The summed E-state index contributed by atoms with van der Waals surface area (Å²) in [6.07, 6.45) is 10.2. The van der Waals surface area contributed by atoms with E-state index in [0.717, 1.165) is 17.6 Å². The molecule has 0 spiro atoms. The number of hydrogen-bond donors (Lipinski definition) is 0. The number of benzene rings is 4. The maximum Gasteiger partial charge on any atom is 0.182 e. The number of rotatable bonds is 3. The van der Waals surface area contributed by atoms with Gasteiger partial charge in [-0.05, 0) is 50.4 Å². The summed E-state index contributed by atoms with van der Waals surface area (Å²) in [5.74, 6) is 0.0932. The van der Waals surface area contributed by atoms with Gasteiger partial charge in [0.2, 0.25) is 0 Å². The summed E-state index contributed by atoms with van der Waals surface area (Å²) in [5, 5.41) is 7.55. The topological polar surface area (TPSA) is 17.1 Å². The van der Waals surface area contributed by atoms with Crippen molar-refractivity contribution in [2.75, 3.05) is 0 Å². The van der Waals surface area contributed by atoms with Crippen molar-refractivity contribution in [3.8, 4) is 0 Å². The van der Waals surface area contributed by atoms with Crippen molar-refractivity contribution >= 4 is 44.2 Å². The molecule has 4 aromatic carbocycles. The summed E-state index contributed by atoms with van der Waals surface area (Å²) in [6, 6.07) is 19.4. The van der Waals surface area contributed by atoms with Crippen LogP contribution in [0, 0.1) is 0 Å². The van der Waals surface area contributed by atoms with Crippen LogP contribution in [-0.4, -0.2) is 5.78 Å². The molecular formula is C24H16O. The van der Waals surface area contributed by atoms with E-state index in [9.17, 15) is 4.79 Å². The third-order valence-corrected chi connectivity index (χ3v) is 5.06. The molecule has 4 aromatic rings. The van der Waals surface area contributed by atoms with E-state index >= 15 is 0 Å². The van der Waals surface area contributed by atoms with E-state index in [1.54, 1.807) is 6.08 Å². The van der Waals surface area contributed by atoms with Crippen molar-refractivity contribution in [2.45, 2.75) is 6.42 Å². The SMILES string of the molecule is O=C(/C=C/c1ccc2ccc3cccc4ccc1c2c34)C1=CC=CC1. The van der Waals surface area contributed by atoms with Crippen LogP contribution in [0.2, 0.25) is 0 Å². The van der Waals surface area contributed by atoms with E-state index in [-0.39, 0.29) is 5.78 Å². The lowest BCUT2D eigenvalue weighted by Crippen LogP contribution is -1.95. The maximum atomic E-state index is 12.3. The standard InChI is InChI=1S/C24H16O/c25-22(17-4-1-2-5-17)15-13-16-8-9-20-11-10-18-6-3-7-19-12-14-21(16)24(20)23(18)19/h1-4,6-15H,5H2/b15-13+. The number of carbonyl (C=O) groups excluding carboxylic acids is 1. The predicted octanol–water partition coefficient (Wildman–Crippen LogP) is 6.05. The minimum absolute atomic E-state index is 0.0932. The van der Waals surface area contributed by atoms with Crippen LogP contribution in [-0.2, 0) is 4.79 Å². The Balaban J connectivity index is 1.70. The Morgan fingerprint density at radius 3 is 2.32 bits per heavy atom. The van der Waals surface area contributed by atoms with Gasteiger partial charge < -0.3 is 0 Å². The minimum Gasteiger partial charge on any atom is -0.290 e. The Bertz CT molecular complexity index is 1210. The normalized spacial score (nSPS) is 14.3. The summed E-state index contributed by atoms with van der Waals surface area (Å²) in [4.78, 5) is 12.3. The van der Waals surface area contributed by atoms with Gasteiger partial charge in [-0.3, -0.25) is 4.79 Å². The van der Waals surface area contributed by atoms with Crippen molar-refractivity contribution in [3.63, 3.8) is 0 Å². The fourth-order valence-corrected chi connectivity index (χ4v) is 3.81. The molecular weight excluding hydrogens is 304 g/mol. The molecule has 0 aliphatic heterocycles. The summed E-state index contributed by atoms with van der Waals surface area (Å²) < 4.78 is 0. The molecule has 1 heteroatoms. The lowest BCUT2D eigenvalue weighted by molar-refractivity contribution is -0.111. The Morgan fingerprint density at radius 2 is 1.56 bits per heavy atom. The van der Waals surface area contributed by atoms with Crippen LogP contribution in [0.5, 0.6) is 0 Å². The quantitative estimate of drug-likeness (QED) is 0.331. The fourth-order valence-electron chi connectivity index (χ4n) is 3.81. The zero-order valence-electron chi connectivity index (χ0n) is 13.7. The fraction of sp³-hybridized carbons (Fsp3) is 0.0417. The van der Waals surface area contributed by atoms with Crippen molar-refractivity contribution in [2.24, 2.45) is 0 Å². The third kappa shape index (κ3) is 2.20. The number of hydrogen-bond acceptors (Lipinski definition) is 1. The van der Waals surface area contributed by atoms with Crippen LogP contribution in [0.3, 0.4) is 0 Å². The van der Waals surface area contributed by atoms with Gasteiger partial charge in [-0.2, -0.15) is 0 Å². The van der Waals surface area contributed by atoms with E-state index in [1.165, 1.54) is 32.3 Å². The molecule has 0 saturated heterocycles. The highest BCUT2D eigenvalue weighted by atomic mass is 16.1. The van der Waals surface area contributed by atoms with Gasteiger partial charge in [-0.1, -0.05) is 78.9 Å². The molecule has 1 aliphatic rings. The molecule has 0 heterocycles. The monoisotopic (exact) mass is 320 g/mol. The Kier molecular flexibility index (Phi) is 3.07. The summed E-state index contributed by atoms with van der Waals surface area (Å²) in [6.45, 7) is 0. The lowest BCUT2D eigenvalue weighted by atomic mass is 9.92. The van der Waals surface area contributed by atoms with Crippen molar-refractivity contribution in [1.29, 1.82) is 0 Å². The Labute approximate surface area is 145 Å². The first-order valence-corrected chi connectivity index (χ1v) is 8.56. The first-order valence-electron chi connectivity index (χ1n) is 8.56. The van der Waals surface area contributed by atoms with Gasteiger partial charge in [0.15, 0.2) is 5.78 Å². The number of carbonyl (C=O) groups is 1. The predicted molar refractivity (Wildman–Crippen MR) is 106 cm³/mol. The molecule has 0 N–H and O–H groups in total. The largest absolute Gasteiger partial charge is 0.290 e. The van der Waals surface area contributed by atoms with Crippen LogP contribution in [0.15, 0.2) is 84.5 Å². The average Bonchev–Trinajstić information content (AvgIpc) is 3.19. The van der Waals surface area contributed by atoms with Crippen LogP contribution >= 0.6 is 0 Å². The molecule has 0 aromatic heterocycles. The Hall–Kier alpha value is -3.19. The molecule has 0 atom stereocenters. The zero-order valence-corrected chi connectivity index (χ0v) is 13.7. The number of allylic oxidation sites excluding steroid dienone is 5. The van der Waals surface area contributed by atoms with Crippen LogP contribution < -0.4 is 0 Å². The highest BCUT2D eigenvalue weighted by Gasteiger charge is 2.10. The summed E-state index contributed by atoms with van der Waals surface area (Å²) in [7, 11) is 0. The maximum absolute atomic E-state index is 12.3. The smallest absolute Gasteiger partial charge is 0.182 e. The first-order chi connectivity index (χ1) is 12.3. The molecule has 0 bridgehead atoms. The van der Waals surface area contributed by atoms with E-state index in [0.29, 0.717) is 0 Å². The zero-order chi connectivity index (χ0) is 16.8. The van der Waals surface area contributed by atoms with Gasteiger partial charge >= 0.3 is 0 Å². The van der Waals surface area contributed by atoms with Crippen molar-refractivity contribution in [3.05, 3.63) is 90.0 Å². The molecule has 1 nitrogen and oxygen atoms in total. The second-order valence-corrected chi connectivity index (χ2v) is 6.53. The Morgan fingerprint density at radius 1 is 0.840 bits per heavy atom. The summed E-state index contributed by atoms with van der Waals surface area (Å²) in [5.41, 5.74) is 1.94. The van der Waals surface area contributed by atoms with Gasteiger partial charge in [0, 0.05) is 5.57 Å². The lowest BCUT2D eigenvalue weighted by Gasteiger charge is -2.12. The first kappa shape index (κ1) is 14.2. The van der Waals surface area contributed by atoms with Gasteiger partial charge in [-0.15, -0.1) is 0 Å². The molecule has 5 rings (SSSR count). The van der Waals surface area contributed by atoms with E-state index in [1.807, 2.05) is 24.3 Å². The molecule has 118 valence electrons. The van der Waals surface area contributed by atoms with Gasteiger partial charge in [0.1, 0.15) is 0 Å². The van der Waals surface area contributed by atoms with E-state index < -0.39 is 0 Å². The van der Waals surface area contributed by atoms with Gasteiger partial charge in [0.05, 0.1) is 0 Å². The van der Waals surface area contributed by atoms with E-state index in [4.69, 9.17) is 0 Å². The molecule has 0 radical (unpaired) electrons.